The van der Waals surface area contributed by atoms with Gasteiger partial charge in [-0.3, -0.25) is 14.4 Å². The maximum atomic E-state index is 12.7. The van der Waals surface area contributed by atoms with Gasteiger partial charge >= 0.3 is 0 Å². The first kappa shape index (κ1) is 17.7. The first-order valence-electron chi connectivity index (χ1n) is 10.2. The van der Waals surface area contributed by atoms with Gasteiger partial charge < -0.3 is 19.4 Å². The summed E-state index contributed by atoms with van der Waals surface area (Å²) < 4.78 is 5.31. The second-order valence-electron chi connectivity index (χ2n) is 8.17. The van der Waals surface area contributed by atoms with Crippen molar-refractivity contribution in [1.29, 1.82) is 0 Å². The van der Waals surface area contributed by atoms with E-state index in [4.69, 9.17) is 4.74 Å². The van der Waals surface area contributed by atoms with E-state index in [1.807, 2.05) is 28.0 Å². The maximum absolute atomic E-state index is 12.7. The lowest BCUT2D eigenvalue weighted by atomic mass is 10.1. The summed E-state index contributed by atoms with van der Waals surface area (Å²) in [7, 11) is 0. The van der Waals surface area contributed by atoms with E-state index in [1.54, 1.807) is 4.90 Å². The van der Waals surface area contributed by atoms with Crippen molar-refractivity contribution in [2.45, 2.75) is 25.7 Å². The van der Waals surface area contributed by atoms with Crippen LogP contribution in [0.15, 0.2) is 18.2 Å². The Morgan fingerprint density at radius 2 is 1.79 bits per heavy atom. The van der Waals surface area contributed by atoms with Crippen LogP contribution in [0, 0.1) is 11.8 Å². The van der Waals surface area contributed by atoms with Gasteiger partial charge in [-0.1, -0.05) is 0 Å². The molecule has 1 aromatic carbocycles. The van der Waals surface area contributed by atoms with Crippen LogP contribution in [-0.2, 0) is 25.5 Å². The fourth-order valence-electron chi connectivity index (χ4n) is 4.50. The summed E-state index contributed by atoms with van der Waals surface area (Å²) in [6.45, 7) is 3.49. The Kier molecular flexibility index (Phi) is 4.34. The van der Waals surface area contributed by atoms with Gasteiger partial charge in [0.25, 0.3) is 0 Å². The molecule has 148 valence electrons. The van der Waals surface area contributed by atoms with Crippen LogP contribution < -0.4 is 9.80 Å². The molecule has 1 atom stereocenters. The third-order valence-electron chi connectivity index (χ3n) is 6.26. The number of hydrogen-bond donors (Lipinski definition) is 0. The Bertz CT molecular complexity index is 829. The maximum Gasteiger partial charge on any atom is 0.230 e. The molecule has 0 spiro atoms. The number of morpholine rings is 1. The number of benzene rings is 1. The van der Waals surface area contributed by atoms with Crippen LogP contribution in [-0.4, -0.2) is 62.0 Å². The number of anilines is 2. The van der Waals surface area contributed by atoms with Gasteiger partial charge in [-0.05, 0) is 43.0 Å². The lowest BCUT2D eigenvalue weighted by Gasteiger charge is -2.29. The molecule has 2 saturated heterocycles. The molecule has 3 fully saturated rings. The molecule has 5 rings (SSSR count). The fraction of sp³-hybridized carbons (Fsp3) is 0.571. The highest BCUT2D eigenvalue weighted by Gasteiger charge is 2.39. The molecule has 3 heterocycles. The highest BCUT2D eigenvalue weighted by Crippen LogP contribution is 2.38. The third kappa shape index (κ3) is 3.07. The average molecular weight is 383 g/mol. The summed E-state index contributed by atoms with van der Waals surface area (Å²) in [5.41, 5.74) is 2.93. The Morgan fingerprint density at radius 3 is 2.54 bits per heavy atom. The Hall–Kier alpha value is -2.41. The van der Waals surface area contributed by atoms with Crippen LogP contribution in [0.2, 0.25) is 0 Å². The molecule has 1 aliphatic carbocycles. The molecule has 0 aromatic heterocycles. The van der Waals surface area contributed by atoms with Crippen molar-refractivity contribution >= 4 is 29.1 Å². The van der Waals surface area contributed by atoms with Crippen molar-refractivity contribution in [3.05, 3.63) is 23.8 Å². The second kappa shape index (κ2) is 6.88. The molecular formula is C21H25N3O4. The topological polar surface area (TPSA) is 70.2 Å². The summed E-state index contributed by atoms with van der Waals surface area (Å²) in [5, 5.41) is 0. The molecule has 7 heteroatoms. The SMILES string of the molecule is O=C([C@H]1CC(=O)N(c2ccc3c(c2)CCN3C(=O)C2CC2)C1)N1CCOCC1. The van der Waals surface area contributed by atoms with E-state index < -0.39 is 0 Å². The van der Waals surface area contributed by atoms with Crippen LogP contribution in [0.25, 0.3) is 0 Å². The van der Waals surface area contributed by atoms with Crippen LogP contribution >= 0.6 is 0 Å². The van der Waals surface area contributed by atoms with Crippen LogP contribution in [0.5, 0.6) is 0 Å². The Morgan fingerprint density at radius 1 is 1.00 bits per heavy atom. The van der Waals surface area contributed by atoms with Crippen molar-refractivity contribution in [3.8, 4) is 0 Å². The fourth-order valence-corrected chi connectivity index (χ4v) is 4.50. The van der Waals surface area contributed by atoms with Gasteiger partial charge in [-0.15, -0.1) is 0 Å². The lowest BCUT2D eigenvalue weighted by Crippen LogP contribution is -2.44. The quantitative estimate of drug-likeness (QED) is 0.786. The van der Waals surface area contributed by atoms with Gasteiger partial charge in [0.15, 0.2) is 0 Å². The number of carbonyl (C=O) groups excluding carboxylic acids is 3. The minimum atomic E-state index is -0.285. The number of hydrogen-bond acceptors (Lipinski definition) is 4. The number of carbonyl (C=O) groups is 3. The highest BCUT2D eigenvalue weighted by molar-refractivity contribution is 6.02. The van der Waals surface area contributed by atoms with Gasteiger partial charge in [-0.25, -0.2) is 0 Å². The number of nitrogens with zero attached hydrogens (tertiary/aromatic N) is 3. The summed E-state index contributed by atoms with van der Waals surface area (Å²) in [5.74, 6) is 0.210. The molecule has 1 aromatic rings. The Balaban J connectivity index is 1.30. The minimum absolute atomic E-state index is 0.00420. The molecule has 3 aliphatic heterocycles. The van der Waals surface area contributed by atoms with Gasteiger partial charge in [0.1, 0.15) is 0 Å². The Labute approximate surface area is 164 Å². The molecule has 0 radical (unpaired) electrons. The third-order valence-corrected chi connectivity index (χ3v) is 6.26. The van der Waals surface area contributed by atoms with E-state index in [1.165, 1.54) is 0 Å². The number of amides is 3. The van der Waals surface area contributed by atoms with Crippen molar-refractivity contribution in [3.63, 3.8) is 0 Å². The number of rotatable bonds is 3. The summed E-state index contributed by atoms with van der Waals surface area (Å²) in [6.07, 6.45) is 3.09. The molecule has 1 saturated carbocycles. The zero-order valence-corrected chi connectivity index (χ0v) is 15.9. The van der Waals surface area contributed by atoms with Crippen LogP contribution in [0.1, 0.15) is 24.8 Å². The predicted molar refractivity (Wildman–Crippen MR) is 103 cm³/mol. The van der Waals surface area contributed by atoms with Gasteiger partial charge in [0, 0.05) is 49.9 Å². The van der Waals surface area contributed by atoms with E-state index >= 15 is 0 Å². The van der Waals surface area contributed by atoms with E-state index in [0.717, 1.165) is 42.7 Å². The first-order valence-corrected chi connectivity index (χ1v) is 10.2. The molecule has 4 aliphatic rings. The molecule has 0 unspecified atom stereocenters. The standard InChI is InChI=1S/C21H25N3O4/c25-19-12-16(20(26)22-7-9-28-10-8-22)13-24(19)17-3-4-18-15(11-17)5-6-23(18)21(27)14-1-2-14/h3-4,11,14,16H,1-2,5-10,12-13H2/t16-/m0/s1. The molecule has 28 heavy (non-hydrogen) atoms. The van der Waals surface area contributed by atoms with Crippen LogP contribution in [0.4, 0.5) is 11.4 Å². The molecular weight excluding hydrogens is 358 g/mol. The van der Waals surface area contributed by atoms with Gasteiger partial charge in [0.05, 0.1) is 19.1 Å². The largest absolute Gasteiger partial charge is 0.378 e. The molecule has 7 nitrogen and oxygen atoms in total. The van der Waals surface area contributed by atoms with Crippen molar-refractivity contribution < 1.29 is 19.1 Å². The minimum Gasteiger partial charge on any atom is -0.378 e. The summed E-state index contributed by atoms with van der Waals surface area (Å²) in [4.78, 5) is 43.2. The van der Waals surface area contributed by atoms with E-state index in [0.29, 0.717) is 32.8 Å². The van der Waals surface area contributed by atoms with Crippen molar-refractivity contribution in [2.24, 2.45) is 11.8 Å². The van der Waals surface area contributed by atoms with E-state index in [2.05, 4.69) is 0 Å². The zero-order valence-electron chi connectivity index (χ0n) is 15.9. The summed E-state index contributed by atoms with van der Waals surface area (Å²) >= 11 is 0. The smallest absolute Gasteiger partial charge is 0.230 e. The molecule has 3 amide bonds. The first-order chi connectivity index (χ1) is 13.6. The normalized spacial score (nSPS) is 24.6. The zero-order chi connectivity index (χ0) is 19.3. The van der Waals surface area contributed by atoms with Gasteiger partial charge in [-0.2, -0.15) is 0 Å². The van der Waals surface area contributed by atoms with Crippen molar-refractivity contribution in [1.82, 2.24) is 4.90 Å². The van der Waals surface area contributed by atoms with E-state index in [-0.39, 0.29) is 36.0 Å². The predicted octanol–water partition coefficient (Wildman–Crippen LogP) is 1.20. The molecule has 0 N–H and O–H groups in total. The average Bonchev–Trinajstić information content (AvgIpc) is 3.38. The number of fused-ring (bicyclic) bond motifs is 1. The molecule has 0 bridgehead atoms. The van der Waals surface area contributed by atoms with Gasteiger partial charge in [0.2, 0.25) is 17.7 Å². The van der Waals surface area contributed by atoms with E-state index in [9.17, 15) is 14.4 Å². The van der Waals surface area contributed by atoms with Crippen LogP contribution in [0.3, 0.4) is 0 Å². The second-order valence-corrected chi connectivity index (χ2v) is 8.17. The highest BCUT2D eigenvalue weighted by atomic mass is 16.5. The summed E-state index contributed by atoms with van der Waals surface area (Å²) in [6, 6.07) is 5.90. The monoisotopic (exact) mass is 383 g/mol. The lowest BCUT2D eigenvalue weighted by molar-refractivity contribution is -0.139. The number of ether oxygens (including phenoxy) is 1. The van der Waals surface area contributed by atoms with Crippen molar-refractivity contribution in [2.75, 3.05) is 49.2 Å².